The van der Waals surface area contributed by atoms with Gasteiger partial charge in [-0.05, 0) is 48.1 Å². The minimum Gasteiger partial charge on any atom is -0.489 e. The van der Waals surface area contributed by atoms with E-state index in [1.54, 1.807) is 0 Å². The molecule has 2 unspecified atom stereocenters. The summed E-state index contributed by atoms with van der Waals surface area (Å²) in [5.41, 5.74) is 11.2. The van der Waals surface area contributed by atoms with E-state index in [-0.39, 0.29) is 6.04 Å². The molecule has 3 heteroatoms. The number of aromatic nitrogens is 1. The van der Waals surface area contributed by atoms with Crippen LogP contribution in [0.25, 0.3) is 10.9 Å². The zero-order valence-corrected chi connectivity index (χ0v) is 13.4. The molecule has 0 spiro atoms. The van der Waals surface area contributed by atoms with Crippen LogP contribution < -0.4 is 10.5 Å². The molecular formula is C20H22N2O. The molecule has 1 aliphatic carbocycles. The fourth-order valence-electron chi connectivity index (χ4n) is 3.60. The topological polar surface area (TPSA) is 51.0 Å². The number of aromatic amines is 1. The Morgan fingerprint density at radius 3 is 2.83 bits per heavy atom. The lowest BCUT2D eigenvalue weighted by Crippen LogP contribution is -2.22. The van der Waals surface area contributed by atoms with Gasteiger partial charge >= 0.3 is 0 Å². The average molecular weight is 306 g/mol. The summed E-state index contributed by atoms with van der Waals surface area (Å²) in [6, 6.07) is 16.7. The number of rotatable bonds is 3. The van der Waals surface area contributed by atoms with Crippen molar-refractivity contribution in [3.8, 4) is 5.75 Å². The molecule has 3 aromatic rings. The molecular weight excluding hydrogens is 284 g/mol. The molecule has 118 valence electrons. The summed E-state index contributed by atoms with van der Waals surface area (Å²) in [5.74, 6) is 1.54. The van der Waals surface area contributed by atoms with Crippen LogP contribution in [0.4, 0.5) is 0 Å². The molecule has 0 fully saturated rings. The molecule has 0 bridgehead atoms. The maximum atomic E-state index is 6.31. The molecule has 23 heavy (non-hydrogen) atoms. The number of hydrogen-bond acceptors (Lipinski definition) is 2. The smallest absolute Gasteiger partial charge is 0.120 e. The van der Waals surface area contributed by atoms with Gasteiger partial charge in [0.1, 0.15) is 12.4 Å². The molecule has 0 radical (unpaired) electrons. The molecule has 1 aromatic heterocycles. The van der Waals surface area contributed by atoms with Crippen LogP contribution in [0.1, 0.15) is 36.2 Å². The van der Waals surface area contributed by atoms with Crippen LogP contribution in [0.15, 0.2) is 48.5 Å². The van der Waals surface area contributed by atoms with Crippen LogP contribution >= 0.6 is 0 Å². The fourth-order valence-corrected chi connectivity index (χ4v) is 3.60. The molecule has 1 heterocycles. The number of hydrogen-bond donors (Lipinski definition) is 2. The van der Waals surface area contributed by atoms with Gasteiger partial charge in [0.05, 0.1) is 0 Å². The lowest BCUT2D eigenvalue weighted by molar-refractivity contribution is 0.306. The van der Waals surface area contributed by atoms with Gasteiger partial charge in [-0.25, -0.2) is 0 Å². The first-order valence-corrected chi connectivity index (χ1v) is 8.27. The molecule has 3 N–H and O–H groups in total. The van der Waals surface area contributed by atoms with E-state index in [1.165, 1.54) is 22.2 Å². The zero-order valence-electron chi connectivity index (χ0n) is 13.4. The van der Waals surface area contributed by atoms with Gasteiger partial charge in [0.2, 0.25) is 0 Å². The summed E-state index contributed by atoms with van der Waals surface area (Å²) in [6.07, 6.45) is 2.14. The molecule has 1 aliphatic rings. The first-order valence-electron chi connectivity index (χ1n) is 8.27. The standard InChI is InChI=1S/C20H22N2O/c1-13-9-17-16-11-15(23-12-14-5-3-2-4-6-14)7-8-19(16)22-20(17)18(21)10-13/h2-8,11,13,18,22H,9-10,12,21H2,1H3. The van der Waals surface area contributed by atoms with E-state index in [0.29, 0.717) is 12.5 Å². The lowest BCUT2D eigenvalue weighted by atomic mass is 9.85. The molecule has 3 nitrogen and oxygen atoms in total. The number of benzene rings is 2. The van der Waals surface area contributed by atoms with E-state index in [0.717, 1.165) is 24.1 Å². The highest BCUT2D eigenvalue weighted by Crippen LogP contribution is 2.37. The van der Waals surface area contributed by atoms with Crippen molar-refractivity contribution in [1.29, 1.82) is 0 Å². The van der Waals surface area contributed by atoms with E-state index in [2.05, 4.69) is 36.2 Å². The lowest BCUT2D eigenvalue weighted by Gasteiger charge is -2.24. The van der Waals surface area contributed by atoms with E-state index in [4.69, 9.17) is 10.5 Å². The quantitative estimate of drug-likeness (QED) is 0.756. The van der Waals surface area contributed by atoms with Crippen molar-refractivity contribution < 1.29 is 4.74 Å². The molecule has 0 saturated carbocycles. The summed E-state index contributed by atoms with van der Waals surface area (Å²) >= 11 is 0. The van der Waals surface area contributed by atoms with Crippen molar-refractivity contribution in [2.45, 2.75) is 32.4 Å². The van der Waals surface area contributed by atoms with Crippen LogP contribution in [-0.2, 0) is 13.0 Å². The molecule has 0 amide bonds. The Morgan fingerprint density at radius 1 is 1.17 bits per heavy atom. The minimum absolute atomic E-state index is 0.120. The highest BCUT2D eigenvalue weighted by atomic mass is 16.5. The maximum Gasteiger partial charge on any atom is 0.120 e. The van der Waals surface area contributed by atoms with Gasteiger partial charge in [0.25, 0.3) is 0 Å². The Balaban J connectivity index is 1.64. The highest BCUT2D eigenvalue weighted by Gasteiger charge is 2.25. The fraction of sp³-hybridized carbons (Fsp3) is 0.300. The molecule has 4 rings (SSSR count). The Kier molecular flexibility index (Phi) is 3.58. The first-order chi connectivity index (χ1) is 11.2. The predicted molar refractivity (Wildman–Crippen MR) is 93.5 cm³/mol. The summed E-state index contributed by atoms with van der Waals surface area (Å²) in [5, 5.41) is 1.26. The van der Waals surface area contributed by atoms with E-state index >= 15 is 0 Å². The second-order valence-corrected chi connectivity index (χ2v) is 6.65. The second-order valence-electron chi connectivity index (χ2n) is 6.65. The van der Waals surface area contributed by atoms with Crippen molar-refractivity contribution in [1.82, 2.24) is 4.98 Å². The number of H-pyrrole nitrogens is 1. The number of nitrogens with one attached hydrogen (secondary N) is 1. The third-order valence-corrected chi connectivity index (χ3v) is 4.74. The van der Waals surface area contributed by atoms with Crippen LogP contribution in [0.2, 0.25) is 0 Å². The van der Waals surface area contributed by atoms with E-state index in [9.17, 15) is 0 Å². The monoisotopic (exact) mass is 306 g/mol. The van der Waals surface area contributed by atoms with Crippen LogP contribution in [-0.4, -0.2) is 4.98 Å². The first kappa shape index (κ1) is 14.3. The summed E-state index contributed by atoms with van der Waals surface area (Å²) < 4.78 is 5.97. The third-order valence-electron chi connectivity index (χ3n) is 4.74. The van der Waals surface area contributed by atoms with Crippen molar-refractivity contribution in [2.75, 3.05) is 0 Å². The highest BCUT2D eigenvalue weighted by molar-refractivity contribution is 5.86. The third kappa shape index (κ3) is 2.73. The van der Waals surface area contributed by atoms with Gasteiger partial charge in [-0.1, -0.05) is 37.3 Å². The summed E-state index contributed by atoms with van der Waals surface area (Å²) in [4.78, 5) is 3.51. The molecule has 2 aromatic carbocycles. The maximum absolute atomic E-state index is 6.31. The molecule has 0 aliphatic heterocycles. The predicted octanol–water partition coefficient (Wildman–Crippen LogP) is 4.33. The summed E-state index contributed by atoms with van der Waals surface area (Å²) in [7, 11) is 0. The van der Waals surface area contributed by atoms with Crippen molar-refractivity contribution in [3.05, 3.63) is 65.4 Å². The van der Waals surface area contributed by atoms with Crippen LogP contribution in [0, 0.1) is 5.92 Å². The van der Waals surface area contributed by atoms with Gasteiger partial charge in [-0.2, -0.15) is 0 Å². The Labute approximate surface area is 136 Å². The van der Waals surface area contributed by atoms with Crippen LogP contribution in [0.3, 0.4) is 0 Å². The Morgan fingerprint density at radius 2 is 2.00 bits per heavy atom. The van der Waals surface area contributed by atoms with Crippen LogP contribution in [0.5, 0.6) is 5.75 Å². The van der Waals surface area contributed by atoms with Gasteiger partial charge in [-0.15, -0.1) is 0 Å². The van der Waals surface area contributed by atoms with Gasteiger partial charge in [-0.3, -0.25) is 0 Å². The summed E-state index contributed by atoms with van der Waals surface area (Å²) in [6.45, 7) is 2.87. The van der Waals surface area contributed by atoms with Gasteiger partial charge in [0, 0.05) is 22.6 Å². The number of ether oxygens (including phenoxy) is 1. The largest absolute Gasteiger partial charge is 0.489 e. The van der Waals surface area contributed by atoms with Gasteiger partial charge in [0.15, 0.2) is 0 Å². The van der Waals surface area contributed by atoms with Crippen molar-refractivity contribution >= 4 is 10.9 Å². The van der Waals surface area contributed by atoms with Crippen molar-refractivity contribution in [3.63, 3.8) is 0 Å². The SMILES string of the molecule is CC1Cc2c([nH]c3ccc(OCc4ccccc4)cc23)C(N)C1. The zero-order chi connectivity index (χ0) is 15.8. The Bertz CT molecular complexity index is 822. The normalized spacial score (nSPS) is 20.4. The average Bonchev–Trinajstić information content (AvgIpc) is 2.92. The van der Waals surface area contributed by atoms with Gasteiger partial charge < -0.3 is 15.5 Å². The number of fused-ring (bicyclic) bond motifs is 3. The minimum atomic E-state index is 0.120. The molecule has 2 atom stereocenters. The molecule has 0 saturated heterocycles. The second kappa shape index (κ2) is 5.74. The van der Waals surface area contributed by atoms with Crippen molar-refractivity contribution in [2.24, 2.45) is 11.7 Å². The van der Waals surface area contributed by atoms with E-state index < -0.39 is 0 Å². The number of nitrogens with two attached hydrogens (primary N) is 1. The Hall–Kier alpha value is -2.26. The van der Waals surface area contributed by atoms with E-state index in [1.807, 2.05) is 24.3 Å².